The van der Waals surface area contributed by atoms with Crippen LogP contribution in [0.25, 0.3) is 5.57 Å². The molecule has 1 unspecified atom stereocenters. The van der Waals surface area contributed by atoms with Crippen LogP contribution >= 0.6 is 11.6 Å². The number of nitrogens with one attached hydrogen (secondary N) is 1. The molecule has 0 spiro atoms. The maximum absolute atomic E-state index is 9.18. The van der Waals surface area contributed by atoms with Crippen LogP contribution in [-0.2, 0) is 6.42 Å². The second kappa shape index (κ2) is 10.3. The summed E-state index contributed by atoms with van der Waals surface area (Å²) in [5, 5.41) is 12.9. The first kappa shape index (κ1) is 23.2. The molecule has 2 aromatic carbocycles. The summed E-state index contributed by atoms with van der Waals surface area (Å²) in [5.74, 6) is 1.25. The Morgan fingerprint density at radius 1 is 1.27 bits per heavy atom. The maximum Gasteiger partial charge on any atom is 0.146 e. The van der Waals surface area contributed by atoms with E-state index in [9.17, 15) is 5.26 Å². The number of allylic oxidation sites excluding steroid dienone is 1. The molecule has 1 atom stereocenters. The van der Waals surface area contributed by atoms with Crippen molar-refractivity contribution in [1.82, 2.24) is 5.32 Å². The van der Waals surface area contributed by atoms with Crippen LogP contribution in [0.4, 0.5) is 5.69 Å². The molecule has 0 saturated carbocycles. The van der Waals surface area contributed by atoms with Gasteiger partial charge in [0.05, 0.1) is 22.7 Å². The largest absolute Gasteiger partial charge is 0.455 e. The lowest BCUT2D eigenvalue weighted by Crippen LogP contribution is -2.33. The minimum Gasteiger partial charge on any atom is -0.455 e. The van der Waals surface area contributed by atoms with E-state index in [0.29, 0.717) is 28.4 Å². The first-order chi connectivity index (χ1) is 16.0. The van der Waals surface area contributed by atoms with Gasteiger partial charge in [-0.3, -0.25) is 4.99 Å². The fraction of sp³-hybridized carbons (Fsp3) is 0.385. The fourth-order valence-electron chi connectivity index (χ4n) is 4.42. The van der Waals surface area contributed by atoms with Crippen LogP contribution in [0.15, 0.2) is 41.5 Å². The molecular formula is C26H30ClN5O. The highest BCUT2D eigenvalue weighted by Crippen LogP contribution is 2.43. The highest BCUT2D eigenvalue weighted by atomic mass is 35.5. The second-order valence-corrected chi connectivity index (χ2v) is 9.09. The van der Waals surface area contributed by atoms with E-state index in [1.807, 2.05) is 12.3 Å². The van der Waals surface area contributed by atoms with E-state index in [-0.39, 0.29) is 0 Å². The predicted molar refractivity (Wildman–Crippen MR) is 135 cm³/mol. The lowest BCUT2D eigenvalue weighted by molar-refractivity contribution is 0.461. The van der Waals surface area contributed by atoms with Crippen molar-refractivity contribution in [3.05, 3.63) is 58.2 Å². The summed E-state index contributed by atoms with van der Waals surface area (Å²) < 4.78 is 6.46. The molecule has 0 aliphatic carbocycles. The van der Waals surface area contributed by atoms with Gasteiger partial charge in [0, 0.05) is 47.9 Å². The third kappa shape index (κ3) is 5.00. The average molecular weight is 464 g/mol. The summed E-state index contributed by atoms with van der Waals surface area (Å²) in [4.78, 5) is 7.10. The molecule has 6 nitrogen and oxygen atoms in total. The number of anilines is 1. The highest BCUT2D eigenvalue weighted by Gasteiger charge is 2.26. The Balaban J connectivity index is 1.76. The van der Waals surface area contributed by atoms with Crippen molar-refractivity contribution in [2.75, 3.05) is 25.0 Å². The molecule has 7 heteroatoms. The molecular weight excluding hydrogens is 434 g/mol. The molecule has 2 aliphatic heterocycles. The standard InChI is InChI=1S/C26H30ClN5O/c1-17-3-5-22-24(32(17)2)7-6-21(19(15-29)16-31-20-9-11-30-12-10-20)26(22)33-25-8-4-18(14-28)13-23(25)27/h4,6-8,13,15-17,20,30H,3,5,9-12,29H2,1-2H3. The number of ether oxygens (including phenoxy) is 1. The van der Waals surface area contributed by atoms with Gasteiger partial charge in [-0.25, -0.2) is 0 Å². The minimum absolute atomic E-state index is 0.295. The van der Waals surface area contributed by atoms with E-state index in [1.54, 1.807) is 24.4 Å². The number of aliphatic imine (C=N–C) groups is 1. The van der Waals surface area contributed by atoms with Crippen LogP contribution < -0.4 is 20.7 Å². The van der Waals surface area contributed by atoms with Gasteiger partial charge in [-0.05, 0) is 76.0 Å². The van der Waals surface area contributed by atoms with Crippen molar-refractivity contribution in [3.63, 3.8) is 0 Å². The summed E-state index contributed by atoms with van der Waals surface area (Å²) in [7, 11) is 2.11. The summed E-state index contributed by atoms with van der Waals surface area (Å²) in [6, 6.07) is 12.1. The average Bonchev–Trinajstić information content (AvgIpc) is 2.84. The van der Waals surface area contributed by atoms with Gasteiger partial charge in [0.2, 0.25) is 0 Å². The molecule has 0 radical (unpaired) electrons. The number of piperidine rings is 1. The number of benzene rings is 2. The highest BCUT2D eigenvalue weighted by molar-refractivity contribution is 6.32. The van der Waals surface area contributed by atoms with E-state index >= 15 is 0 Å². The Kier molecular flexibility index (Phi) is 7.22. The van der Waals surface area contributed by atoms with E-state index in [1.165, 1.54) is 0 Å². The molecule has 0 aromatic heterocycles. The van der Waals surface area contributed by atoms with Gasteiger partial charge >= 0.3 is 0 Å². The molecule has 0 bridgehead atoms. The topological polar surface area (TPSA) is 86.7 Å². The van der Waals surface area contributed by atoms with Crippen LogP contribution in [-0.4, -0.2) is 38.4 Å². The Bertz CT molecular complexity index is 1110. The van der Waals surface area contributed by atoms with Gasteiger partial charge in [-0.2, -0.15) is 5.26 Å². The van der Waals surface area contributed by atoms with Crippen molar-refractivity contribution in [2.24, 2.45) is 10.7 Å². The molecule has 0 amide bonds. The number of hydrogen-bond donors (Lipinski definition) is 2. The molecule has 2 aliphatic rings. The van der Waals surface area contributed by atoms with E-state index < -0.39 is 0 Å². The Morgan fingerprint density at radius 2 is 2.06 bits per heavy atom. The van der Waals surface area contributed by atoms with Crippen LogP contribution in [0.5, 0.6) is 11.5 Å². The molecule has 4 rings (SSSR count). The first-order valence-corrected chi connectivity index (χ1v) is 11.8. The van der Waals surface area contributed by atoms with Crippen molar-refractivity contribution in [2.45, 2.75) is 44.7 Å². The Labute approximate surface area is 200 Å². The van der Waals surface area contributed by atoms with Crippen molar-refractivity contribution < 1.29 is 4.74 Å². The van der Waals surface area contributed by atoms with Gasteiger partial charge < -0.3 is 20.7 Å². The van der Waals surface area contributed by atoms with Crippen LogP contribution in [0, 0.1) is 11.3 Å². The minimum atomic E-state index is 0.295. The predicted octanol–water partition coefficient (Wildman–Crippen LogP) is 4.90. The Morgan fingerprint density at radius 3 is 2.76 bits per heavy atom. The monoisotopic (exact) mass is 463 g/mol. The number of nitrogens with two attached hydrogens (primary N) is 1. The van der Waals surface area contributed by atoms with Gasteiger partial charge in [-0.15, -0.1) is 0 Å². The quantitative estimate of drug-likeness (QED) is 0.616. The van der Waals surface area contributed by atoms with E-state index in [4.69, 9.17) is 27.1 Å². The van der Waals surface area contributed by atoms with Gasteiger partial charge in [0.15, 0.2) is 0 Å². The summed E-state index contributed by atoms with van der Waals surface area (Å²) in [6.07, 6.45) is 7.42. The number of rotatable bonds is 5. The summed E-state index contributed by atoms with van der Waals surface area (Å²) >= 11 is 6.46. The van der Waals surface area contributed by atoms with Crippen LogP contribution in [0.3, 0.4) is 0 Å². The van der Waals surface area contributed by atoms with Crippen molar-refractivity contribution in [1.29, 1.82) is 5.26 Å². The maximum atomic E-state index is 9.18. The molecule has 3 N–H and O–H groups in total. The first-order valence-electron chi connectivity index (χ1n) is 11.4. The lowest BCUT2D eigenvalue weighted by atomic mass is 9.92. The SMILES string of the molecule is CC1CCc2c(ccc(C(C=NC3CCNCC3)=CN)c2Oc2ccc(C#N)cc2Cl)N1C. The van der Waals surface area contributed by atoms with E-state index in [2.05, 4.69) is 36.3 Å². The van der Waals surface area contributed by atoms with Crippen molar-refractivity contribution in [3.8, 4) is 17.6 Å². The summed E-state index contributed by atoms with van der Waals surface area (Å²) in [5.41, 5.74) is 10.5. The summed E-state index contributed by atoms with van der Waals surface area (Å²) in [6.45, 7) is 4.20. The number of fused-ring (bicyclic) bond motifs is 1. The van der Waals surface area contributed by atoms with Crippen LogP contribution in [0.1, 0.15) is 42.9 Å². The zero-order chi connectivity index (χ0) is 23.4. The smallest absolute Gasteiger partial charge is 0.146 e. The molecule has 172 valence electrons. The second-order valence-electron chi connectivity index (χ2n) is 8.68. The fourth-order valence-corrected chi connectivity index (χ4v) is 4.64. The molecule has 1 fully saturated rings. The third-order valence-electron chi connectivity index (χ3n) is 6.59. The van der Waals surface area contributed by atoms with E-state index in [0.717, 1.165) is 66.9 Å². The molecule has 2 heterocycles. The van der Waals surface area contributed by atoms with Crippen molar-refractivity contribution >= 4 is 29.1 Å². The number of nitrogens with zero attached hydrogens (tertiary/aromatic N) is 3. The lowest BCUT2D eigenvalue weighted by Gasteiger charge is -2.35. The Hall–Kier alpha value is -3.01. The normalized spacial score (nSPS) is 19.4. The van der Waals surface area contributed by atoms with Gasteiger partial charge in [0.25, 0.3) is 0 Å². The third-order valence-corrected chi connectivity index (χ3v) is 6.88. The zero-order valence-corrected chi connectivity index (χ0v) is 19.9. The van der Waals surface area contributed by atoms with Gasteiger partial charge in [-0.1, -0.05) is 11.6 Å². The molecule has 33 heavy (non-hydrogen) atoms. The number of nitriles is 1. The number of hydrogen-bond acceptors (Lipinski definition) is 6. The molecule has 1 saturated heterocycles. The zero-order valence-electron chi connectivity index (χ0n) is 19.1. The number of halogens is 1. The van der Waals surface area contributed by atoms with Crippen LogP contribution in [0.2, 0.25) is 5.02 Å². The molecule has 2 aromatic rings. The van der Waals surface area contributed by atoms with Gasteiger partial charge in [0.1, 0.15) is 11.5 Å².